The molecular weight excluding hydrogens is 498 g/mol. The van der Waals surface area contributed by atoms with Crippen molar-refractivity contribution in [3.63, 3.8) is 0 Å². The van der Waals surface area contributed by atoms with Gasteiger partial charge in [0.1, 0.15) is 11.6 Å². The number of rotatable bonds is 5. The number of halogens is 2. The van der Waals surface area contributed by atoms with E-state index >= 15 is 4.39 Å². The molecule has 7 nitrogen and oxygen atoms in total. The normalized spacial score (nSPS) is 17.1. The molecule has 0 aliphatic carbocycles. The van der Waals surface area contributed by atoms with Gasteiger partial charge in [0.25, 0.3) is 0 Å². The number of imidazole rings is 1. The lowest BCUT2D eigenvalue weighted by Crippen LogP contribution is -2.38. The van der Waals surface area contributed by atoms with E-state index in [1.54, 1.807) is 67.5 Å². The minimum Gasteiger partial charge on any atom is -0.307 e. The number of aromatic nitrogens is 5. The van der Waals surface area contributed by atoms with E-state index in [1.807, 2.05) is 0 Å². The molecule has 200 valence electrons. The molecule has 0 spiro atoms. The van der Waals surface area contributed by atoms with Crippen LogP contribution in [0.25, 0.3) is 28.0 Å². The van der Waals surface area contributed by atoms with E-state index in [4.69, 9.17) is 5.10 Å². The van der Waals surface area contributed by atoms with Gasteiger partial charge in [-0.2, -0.15) is 5.10 Å². The number of pyridine rings is 1. The third-order valence-electron chi connectivity index (χ3n) is 7.55. The SMILES string of the molecule is CCC[C@@H]1N[C@H](C)Cc2nn(-c3cc(C)c(F)c(C)c3)c(-n3ccn(-c4ccc5ccncc5c4F)c3=O)c21. The molecule has 0 unspecified atom stereocenters. The summed E-state index contributed by atoms with van der Waals surface area (Å²) >= 11 is 0. The molecule has 0 amide bonds. The highest BCUT2D eigenvalue weighted by atomic mass is 19.1. The first-order chi connectivity index (χ1) is 18.8. The second-order valence-electron chi connectivity index (χ2n) is 10.4. The van der Waals surface area contributed by atoms with Gasteiger partial charge in [-0.1, -0.05) is 19.4 Å². The molecule has 0 radical (unpaired) electrons. The lowest BCUT2D eigenvalue weighted by atomic mass is 9.93. The third-order valence-corrected chi connectivity index (χ3v) is 7.55. The van der Waals surface area contributed by atoms with Crippen LogP contribution in [0, 0.1) is 25.5 Å². The molecule has 39 heavy (non-hydrogen) atoms. The molecule has 3 aromatic heterocycles. The van der Waals surface area contributed by atoms with Crippen LogP contribution in [0.1, 0.15) is 55.1 Å². The van der Waals surface area contributed by atoms with Crippen LogP contribution in [-0.4, -0.2) is 29.9 Å². The highest BCUT2D eigenvalue weighted by Crippen LogP contribution is 2.35. The Morgan fingerprint density at radius 1 is 1.05 bits per heavy atom. The maximum absolute atomic E-state index is 15.6. The fourth-order valence-corrected chi connectivity index (χ4v) is 5.74. The molecular formula is C30H30F2N6O. The first-order valence-corrected chi connectivity index (χ1v) is 13.3. The van der Waals surface area contributed by atoms with Crippen molar-refractivity contribution in [3.8, 4) is 17.2 Å². The maximum Gasteiger partial charge on any atom is 0.338 e. The lowest BCUT2D eigenvalue weighted by Gasteiger charge is -2.29. The van der Waals surface area contributed by atoms with Gasteiger partial charge in [0.15, 0.2) is 5.82 Å². The van der Waals surface area contributed by atoms with E-state index in [-0.39, 0.29) is 23.6 Å². The summed E-state index contributed by atoms with van der Waals surface area (Å²) in [5.74, 6) is -0.194. The van der Waals surface area contributed by atoms with Crippen LogP contribution >= 0.6 is 0 Å². The Labute approximate surface area is 224 Å². The van der Waals surface area contributed by atoms with Gasteiger partial charge in [0, 0.05) is 54.2 Å². The minimum atomic E-state index is -0.514. The predicted octanol–water partition coefficient (Wildman–Crippen LogP) is 5.63. The number of hydrogen-bond acceptors (Lipinski definition) is 4. The van der Waals surface area contributed by atoms with Gasteiger partial charge in [0.05, 0.1) is 17.1 Å². The van der Waals surface area contributed by atoms with Crippen LogP contribution in [0.4, 0.5) is 8.78 Å². The Kier molecular flexibility index (Phi) is 6.18. The Bertz CT molecular complexity index is 1760. The van der Waals surface area contributed by atoms with Gasteiger partial charge >= 0.3 is 5.69 Å². The van der Waals surface area contributed by atoms with E-state index in [0.29, 0.717) is 39.8 Å². The molecule has 5 aromatic rings. The molecule has 0 saturated heterocycles. The van der Waals surface area contributed by atoms with E-state index in [2.05, 4.69) is 24.1 Å². The molecule has 1 N–H and O–H groups in total. The van der Waals surface area contributed by atoms with Crippen LogP contribution < -0.4 is 11.0 Å². The standard InChI is InChI=1S/C30H30F2N6O/c1-5-6-23-26-24(15-19(4)34-23)35-38(21-13-17(2)27(31)18(3)14-21)29(26)37-12-11-36(30(37)39)25-8-7-20-9-10-33-16-22(20)28(25)32/h7-14,16,19,23,34H,5-6,15H2,1-4H3/t19-,23+/m1/s1. The van der Waals surface area contributed by atoms with Gasteiger partial charge in [0.2, 0.25) is 0 Å². The fraction of sp³-hybridized carbons (Fsp3) is 0.300. The second kappa shape index (κ2) is 9.57. The summed E-state index contributed by atoms with van der Waals surface area (Å²) in [6, 6.07) is 8.80. The Hall–Kier alpha value is -4.11. The number of benzene rings is 2. The summed E-state index contributed by atoms with van der Waals surface area (Å²) in [6.45, 7) is 7.69. The molecule has 2 aromatic carbocycles. The maximum atomic E-state index is 15.6. The van der Waals surface area contributed by atoms with Crippen molar-refractivity contribution in [1.82, 2.24) is 29.2 Å². The van der Waals surface area contributed by atoms with Crippen molar-refractivity contribution in [2.75, 3.05) is 0 Å². The van der Waals surface area contributed by atoms with Gasteiger partial charge in [-0.3, -0.25) is 14.1 Å². The number of aryl methyl sites for hydroxylation is 2. The van der Waals surface area contributed by atoms with Gasteiger partial charge in [-0.25, -0.2) is 18.3 Å². The van der Waals surface area contributed by atoms with E-state index in [9.17, 15) is 9.18 Å². The van der Waals surface area contributed by atoms with Crippen molar-refractivity contribution in [1.29, 1.82) is 0 Å². The fourth-order valence-electron chi connectivity index (χ4n) is 5.74. The van der Waals surface area contributed by atoms with Gasteiger partial charge in [-0.05, 0) is 68.0 Å². The molecule has 9 heteroatoms. The second-order valence-corrected chi connectivity index (χ2v) is 10.4. The number of fused-ring (bicyclic) bond motifs is 2. The average molecular weight is 529 g/mol. The zero-order valence-electron chi connectivity index (χ0n) is 22.4. The van der Waals surface area contributed by atoms with Crippen molar-refractivity contribution in [3.05, 3.63) is 99.6 Å². The summed E-state index contributed by atoms with van der Waals surface area (Å²) in [5.41, 5.74) is 3.22. The first-order valence-electron chi connectivity index (χ1n) is 13.3. The first kappa shape index (κ1) is 25.2. The van der Waals surface area contributed by atoms with Crippen molar-refractivity contribution in [2.45, 2.75) is 59.0 Å². The Balaban J connectivity index is 1.60. The predicted molar refractivity (Wildman–Crippen MR) is 147 cm³/mol. The molecule has 2 atom stereocenters. The molecule has 1 aliphatic rings. The molecule has 0 saturated carbocycles. The zero-order chi connectivity index (χ0) is 27.4. The van der Waals surface area contributed by atoms with Crippen molar-refractivity contribution in [2.24, 2.45) is 0 Å². The third kappa shape index (κ3) is 4.08. The van der Waals surface area contributed by atoms with E-state index in [1.165, 1.54) is 15.3 Å². The Morgan fingerprint density at radius 3 is 2.54 bits per heavy atom. The van der Waals surface area contributed by atoms with Crippen LogP contribution in [0.5, 0.6) is 0 Å². The minimum absolute atomic E-state index is 0.0149. The zero-order valence-corrected chi connectivity index (χ0v) is 22.4. The Morgan fingerprint density at radius 2 is 1.79 bits per heavy atom. The molecule has 1 aliphatic heterocycles. The molecule has 6 rings (SSSR count). The number of nitrogens with zero attached hydrogens (tertiary/aromatic N) is 5. The average Bonchev–Trinajstić information content (AvgIpc) is 3.47. The highest BCUT2D eigenvalue weighted by molar-refractivity contribution is 5.84. The van der Waals surface area contributed by atoms with Crippen LogP contribution in [0.15, 0.2) is 59.9 Å². The van der Waals surface area contributed by atoms with Crippen molar-refractivity contribution < 1.29 is 8.78 Å². The number of hydrogen-bond donors (Lipinski definition) is 1. The molecule has 0 bridgehead atoms. The van der Waals surface area contributed by atoms with Crippen molar-refractivity contribution >= 4 is 10.8 Å². The molecule has 0 fully saturated rings. The molecule has 4 heterocycles. The largest absolute Gasteiger partial charge is 0.338 e. The summed E-state index contributed by atoms with van der Waals surface area (Å²) in [4.78, 5) is 18.0. The lowest BCUT2D eigenvalue weighted by molar-refractivity contribution is 0.398. The smallest absolute Gasteiger partial charge is 0.307 e. The topological polar surface area (TPSA) is 69.7 Å². The number of nitrogens with one attached hydrogen (secondary N) is 1. The van der Waals surface area contributed by atoms with Crippen LogP contribution in [-0.2, 0) is 6.42 Å². The summed E-state index contributed by atoms with van der Waals surface area (Å²) in [6.07, 6.45) is 8.78. The monoisotopic (exact) mass is 528 g/mol. The van der Waals surface area contributed by atoms with Gasteiger partial charge in [-0.15, -0.1) is 0 Å². The van der Waals surface area contributed by atoms with Gasteiger partial charge < -0.3 is 5.32 Å². The quantitative estimate of drug-likeness (QED) is 0.321. The summed E-state index contributed by atoms with van der Waals surface area (Å²) in [5, 5.41) is 9.69. The summed E-state index contributed by atoms with van der Waals surface area (Å²) in [7, 11) is 0. The summed E-state index contributed by atoms with van der Waals surface area (Å²) < 4.78 is 34.7. The highest BCUT2D eigenvalue weighted by Gasteiger charge is 2.33. The van der Waals surface area contributed by atoms with Crippen LogP contribution in [0.2, 0.25) is 0 Å². The van der Waals surface area contributed by atoms with Crippen LogP contribution in [0.3, 0.4) is 0 Å². The van der Waals surface area contributed by atoms with E-state index < -0.39 is 11.5 Å². The van der Waals surface area contributed by atoms with E-state index in [0.717, 1.165) is 24.1 Å².